The van der Waals surface area contributed by atoms with Crippen LogP contribution in [0.15, 0.2) is 42.5 Å². The van der Waals surface area contributed by atoms with Crippen LogP contribution in [0.4, 0.5) is 0 Å². The molecule has 3 aromatic rings. The van der Waals surface area contributed by atoms with E-state index in [0.29, 0.717) is 47.7 Å². The van der Waals surface area contributed by atoms with Crippen LogP contribution in [0, 0.1) is 0 Å². The van der Waals surface area contributed by atoms with Crippen molar-refractivity contribution in [2.75, 3.05) is 20.8 Å². The number of halogens is 1. The zero-order valence-corrected chi connectivity index (χ0v) is 22.1. The summed E-state index contributed by atoms with van der Waals surface area (Å²) < 4.78 is 18.2. The molecule has 0 N–H and O–H groups in total. The highest BCUT2D eigenvalue weighted by Gasteiger charge is 2.23. The van der Waals surface area contributed by atoms with Gasteiger partial charge in [0.1, 0.15) is 22.9 Å². The van der Waals surface area contributed by atoms with E-state index in [1.807, 2.05) is 49.4 Å². The molecular weight excluding hydrogens is 466 g/mol. The summed E-state index contributed by atoms with van der Waals surface area (Å²) >= 11 is 6.47. The zero-order valence-electron chi connectivity index (χ0n) is 21.3. The van der Waals surface area contributed by atoms with E-state index in [0.717, 1.165) is 23.2 Å². The van der Waals surface area contributed by atoms with Gasteiger partial charge in [0.15, 0.2) is 0 Å². The second kappa shape index (κ2) is 12.0. The van der Waals surface area contributed by atoms with E-state index in [4.69, 9.17) is 25.8 Å². The largest absolute Gasteiger partial charge is 0.497 e. The third-order valence-electron chi connectivity index (χ3n) is 5.68. The van der Waals surface area contributed by atoms with Crippen molar-refractivity contribution in [2.45, 2.75) is 46.2 Å². The Morgan fingerprint density at radius 2 is 1.83 bits per heavy atom. The second-order valence-corrected chi connectivity index (χ2v) is 9.09. The predicted octanol–water partition coefficient (Wildman–Crippen LogP) is 5.85. The Balaban J connectivity index is 1.96. The van der Waals surface area contributed by atoms with Crippen molar-refractivity contribution in [3.8, 4) is 17.2 Å². The lowest BCUT2D eigenvalue weighted by atomic mass is 10.1. The molecule has 1 heterocycles. The number of ether oxygens (including phenoxy) is 3. The third-order valence-corrected chi connectivity index (χ3v) is 5.98. The monoisotopic (exact) mass is 499 g/mol. The lowest BCUT2D eigenvalue weighted by Crippen LogP contribution is -2.31. The minimum Gasteiger partial charge on any atom is -0.497 e. The molecule has 1 amide bonds. The van der Waals surface area contributed by atoms with Gasteiger partial charge in [0, 0.05) is 25.2 Å². The normalized spacial score (nSPS) is 11.0. The van der Waals surface area contributed by atoms with E-state index in [2.05, 4.69) is 18.9 Å². The minimum atomic E-state index is -0.132. The molecule has 35 heavy (non-hydrogen) atoms. The summed E-state index contributed by atoms with van der Waals surface area (Å²) in [6.45, 7) is 7.44. The molecule has 8 heteroatoms. The highest BCUT2D eigenvalue weighted by Crippen LogP contribution is 2.29. The summed E-state index contributed by atoms with van der Waals surface area (Å²) in [6, 6.07) is 13.1. The number of benzene rings is 2. The molecule has 0 bridgehead atoms. The molecule has 7 nitrogen and oxygen atoms in total. The van der Waals surface area contributed by atoms with Gasteiger partial charge in [0.05, 0.1) is 38.1 Å². The molecule has 0 aliphatic heterocycles. The minimum absolute atomic E-state index is 0.132. The van der Waals surface area contributed by atoms with Gasteiger partial charge in [-0.05, 0) is 48.2 Å². The smallest absolute Gasteiger partial charge is 0.272 e. The molecule has 0 radical (unpaired) electrons. The predicted molar refractivity (Wildman–Crippen MR) is 138 cm³/mol. The summed E-state index contributed by atoms with van der Waals surface area (Å²) in [5.74, 6) is 2.06. The van der Waals surface area contributed by atoms with Crippen LogP contribution in [0.2, 0.25) is 5.02 Å². The first kappa shape index (κ1) is 26.4. The topological polar surface area (TPSA) is 65.8 Å². The summed E-state index contributed by atoms with van der Waals surface area (Å²) in [5.41, 5.74) is 3.15. The maximum absolute atomic E-state index is 13.8. The molecular formula is C27H34ClN3O4. The Morgan fingerprint density at radius 3 is 2.43 bits per heavy atom. The number of aryl methyl sites for hydroxylation is 1. The lowest BCUT2D eigenvalue weighted by Gasteiger charge is -2.24. The van der Waals surface area contributed by atoms with Crippen molar-refractivity contribution in [1.29, 1.82) is 0 Å². The molecule has 2 aromatic carbocycles. The van der Waals surface area contributed by atoms with Crippen LogP contribution in [0.1, 0.15) is 60.4 Å². The van der Waals surface area contributed by atoms with Crippen LogP contribution >= 0.6 is 11.6 Å². The Labute approximate surface area is 212 Å². The molecule has 0 atom stereocenters. The number of methoxy groups -OCH3 is 2. The molecule has 1 aromatic heterocycles. The molecule has 0 unspecified atom stereocenters. The fourth-order valence-electron chi connectivity index (χ4n) is 3.71. The maximum Gasteiger partial charge on any atom is 0.272 e. The Bertz CT molecular complexity index is 1160. The van der Waals surface area contributed by atoms with Crippen molar-refractivity contribution >= 4 is 17.5 Å². The summed E-state index contributed by atoms with van der Waals surface area (Å²) in [7, 11) is 5.01. The second-order valence-electron chi connectivity index (χ2n) is 8.68. The SMILES string of the molecule is CCCOc1ccc(CN(Cc2ccc(OC)cc2OC)C(=O)c2cc(C(C)C)nn2C)cc1Cl. The van der Waals surface area contributed by atoms with E-state index in [9.17, 15) is 4.79 Å². The van der Waals surface area contributed by atoms with Gasteiger partial charge in [-0.25, -0.2) is 0 Å². The molecule has 0 aliphatic rings. The number of amides is 1. The van der Waals surface area contributed by atoms with Crippen molar-refractivity contribution in [3.63, 3.8) is 0 Å². The first-order chi connectivity index (χ1) is 16.8. The number of rotatable bonds is 11. The Kier molecular flexibility index (Phi) is 9.04. The van der Waals surface area contributed by atoms with Crippen LogP contribution in [0.25, 0.3) is 0 Å². The average molecular weight is 500 g/mol. The molecule has 0 spiro atoms. The quantitative estimate of drug-likeness (QED) is 0.331. The van der Waals surface area contributed by atoms with Crippen molar-refractivity contribution in [3.05, 3.63) is 70.0 Å². The van der Waals surface area contributed by atoms with Gasteiger partial charge in [-0.3, -0.25) is 9.48 Å². The fourth-order valence-corrected chi connectivity index (χ4v) is 3.97. The van der Waals surface area contributed by atoms with E-state index in [1.54, 1.807) is 30.8 Å². The number of carbonyl (C=O) groups excluding carboxylic acids is 1. The summed E-state index contributed by atoms with van der Waals surface area (Å²) in [5, 5.41) is 5.05. The third kappa shape index (κ3) is 6.48. The van der Waals surface area contributed by atoms with Gasteiger partial charge in [-0.1, -0.05) is 38.4 Å². The molecule has 0 saturated carbocycles. The molecule has 0 aliphatic carbocycles. The van der Waals surface area contributed by atoms with Gasteiger partial charge < -0.3 is 19.1 Å². The van der Waals surface area contributed by atoms with E-state index < -0.39 is 0 Å². The van der Waals surface area contributed by atoms with Crippen LogP contribution < -0.4 is 14.2 Å². The Morgan fingerprint density at radius 1 is 1.06 bits per heavy atom. The lowest BCUT2D eigenvalue weighted by molar-refractivity contribution is 0.0717. The van der Waals surface area contributed by atoms with E-state index in [1.165, 1.54) is 0 Å². The van der Waals surface area contributed by atoms with Gasteiger partial charge in [0.2, 0.25) is 0 Å². The van der Waals surface area contributed by atoms with Crippen molar-refractivity contribution in [1.82, 2.24) is 14.7 Å². The van der Waals surface area contributed by atoms with Crippen LogP contribution in [-0.4, -0.2) is 41.4 Å². The van der Waals surface area contributed by atoms with Crippen molar-refractivity contribution < 1.29 is 19.0 Å². The number of carbonyl (C=O) groups is 1. The number of aromatic nitrogens is 2. The highest BCUT2D eigenvalue weighted by molar-refractivity contribution is 6.32. The highest BCUT2D eigenvalue weighted by atomic mass is 35.5. The molecule has 3 rings (SSSR count). The van der Waals surface area contributed by atoms with E-state index >= 15 is 0 Å². The van der Waals surface area contributed by atoms with Crippen LogP contribution in [0.3, 0.4) is 0 Å². The number of nitrogens with zero attached hydrogens (tertiary/aromatic N) is 3. The standard InChI is InChI=1S/C27H34ClN3O4/c1-7-12-35-25-11-8-19(13-22(25)28)16-31(17-20-9-10-21(33-5)14-26(20)34-6)27(32)24-15-23(18(2)3)29-30(24)4/h8-11,13-15,18H,7,12,16-17H2,1-6H3. The van der Waals surface area contributed by atoms with Gasteiger partial charge >= 0.3 is 0 Å². The molecule has 0 fully saturated rings. The zero-order chi connectivity index (χ0) is 25.5. The first-order valence-corrected chi connectivity index (χ1v) is 12.1. The van der Waals surface area contributed by atoms with E-state index in [-0.39, 0.29) is 11.8 Å². The first-order valence-electron chi connectivity index (χ1n) is 11.7. The van der Waals surface area contributed by atoms with Gasteiger partial charge in [0.25, 0.3) is 5.91 Å². The van der Waals surface area contributed by atoms with Crippen molar-refractivity contribution in [2.24, 2.45) is 7.05 Å². The van der Waals surface area contributed by atoms with Gasteiger partial charge in [-0.2, -0.15) is 5.10 Å². The maximum atomic E-state index is 13.8. The molecule has 188 valence electrons. The number of hydrogen-bond acceptors (Lipinski definition) is 5. The summed E-state index contributed by atoms with van der Waals surface area (Å²) in [4.78, 5) is 15.5. The van der Waals surface area contributed by atoms with Gasteiger partial charge in [-0.15, -0.1) is 0 Å². The summed E-state index contributed by atoms with van der Waals surface area (Å²) in [6.07, 6.45) is 0.896. The number of hydrogen-bond donors (Lipinski definition) is 0. The van der Waals surface area contributed by atoms with Crippen LogP contribution in [0.5, 0.6) is 17.2 Å². The van der Waals surface area contributed by atoms with Crippen LogP contribution in [-0.2, 0) is 20.1 Å². The molecule has 0 saturated heterocycles. The Hall–Kier alpha value is -3.19. The fraction of sp³-hybridized carbons (Fsp3) is 0.407. The average Bonchev–Trinajstić information content (AvgIpc) is 3.24.